The van der Waals surface area contributed by atoms with Crippen LogP contribution in [0.1, 0.15) is 42.4 Å². The maximum absolute atomic E-state index is 12.3. The van der Waals surface area contributed by atoms with Gasteiger partial charge in [-0.2, -0.15) is 0 Å². The molecular weight excluding hydrogens is 526 g/mol. The van der Waals surface area contributed by atoms with Crippen LogP contribution in [0.25, 0.3) is 11.4 Å². The highest BCUT2D eigenvalue weighted by Gasteiger charge is 2.46. The van der Waals surface area contributed by atoms with Gasteiger partial charge in [-0.15, -0.1) is 11.3 Å². The molecule has 4 heterocycles. The molecule has 198 valence electrons. The highest BCUT2D eigenvalue weighted by molar-refractivity contribution is 7.14. The van der Waals surface area contributed by atoms with Crippen molar-refractivity contribution in [3.05, 3.63) is 57.6 Å². The summed E-state index contributed by atoms with van der Waals surface area (Å²) < 4.78 is 11.5. The molecule has 3 aromatic rings. The fourth-order valence-corrected chi connectivity index (χ4v) is 5.72. The van der Waals surface area contributed by atoms with Crippen LogP contribution in [-0.4, -0.2) is 41.5 Å². The van der Waals surface area contributed by atoms with E-state index in [4.69, 9.17) is 21.1 Å². The van der Waals surface area contributed by atoms with Crippen LogP contribution in [0, 0.1) is 5.92 Å². The number of esters is 2. The average Bonchev–Trinajstić information content (AvgIpc) is 3.68. The summed E-state index contributed by atoms with van der Waals surface area (Å²) in [7, 11) is 0. The van der Waals surface area contributed by atoms with E-state index in [0.717, 1.165) is 45.8 Å². The second-order valence-electron chi connectivity index (χ2n) is 9.84. The molecule has 1 aliphatic carbocycles. The van der Waals surface area contributed by atoms with Crippen LogP contribution >= 0.6 is 22.9 Å². The summed E-state index contributed by atoms with van der Waals surface area (Å²) in [4.78, 5) is 34.0. The van der Waals surface area contributed by atoms with Crippen molar-refractivity contribution in [3.8, 4) is 11.4 Å². The molecule has 9 nitrogen and oxygen atoms in total. The van der Waals surface area contributed by atoms with Crippen LogP contribution in [0.15, 0.2) is 35.8 Å². The summed E-state index contributed by atoms with van der Waals surface area (Å²) >= 11 is 8.22. The van der Waals surface area contributed by atoms with E-state index in [-0.39, 0.29) is 19.4 Å². The number of benzene rings is 1. The number of hydrogen-bond acceptors (Lipinski definition) is 10. The minimum absolute atomic E-state index is 0.00317. The van der Waals surface area contributed by atoms with E-state index in [9.17, 15) is 9.59 Å². The third-order valence-corrected chi connectivity index (χ3v) is 8.09. The Labute approximate surface area is 229 Å². The van der Waals surface area contributed by atoms with E-state index in [1.54, 1.807) is 23.5 Å². The first-order valence-corrected chi connectivity index (χ1v) is 14.1. The number of nitrogens with zero attached hydrogens (tertiary/aromatic N) is 2. The predicted octanol–water partition coefficient (Wildman–Crippen LogP) is 4.47. The summed E-state index contributed by atoms with van der Waals surface area (Å²) in [5.41, 5.74) is 4.84. The molecule has 0 unspecified atom stereocenters. The SMILES string of the molecule is O=C1CCC(=O)OC2(CNCCc3c2ccc(Cl)c3NCc2ccc(-c3csc(NCC4CC4)n3)nc2)O1. The molecule has 0 amide bonds. The van der Waals surface area contributed by atoms with Crippen LogP contribution in [0.3, 0.4) is 0 Å². The topological polar surface area (TPSA) is 114 Å². The van der Waals surface area contributed by atoms with Crippen molar-refractivity contribution in [2.24, 2.45) is 5.92 Å². The van der Waals surface area contributed by atoms with Gasteiger partial charge in [0.05, 0.1) is 35.8 Å². The van der Waals surface area contributed by atoms with Crippen LogP contribution < -0.4 is 16.0 Å². The number of aromatic nitrogens is 2. The first kappa shape index (κ1) is 25.1. The predicted molar refractivity (Wildman–Crippen MR) is 145 cm³/mol. The third-order valence-electron chi connectivity index (χ3n) is 6.97. The Morgan fingerprint density at radius 3 is 2.61 bits per heavy atom. The summed E-state index contributed by atoms with van der Waals surface area (Å²) in [5.74, 6) is -1.65. The molecule has 11 heteroatoms. The highest BCUT2D eigenvalue weighted by atomic mass is 35.5. The van der Waals surface area contributed by atoms with Crippen LogP contribution in [0.4, 0.5) is 10.8 Å². The number of carbonyl (C=O) groups is 2. The van der Waals surface area contributed by atoms with Gasteiger partial charge in [0.1, 0.15) is 5.69 Å². The molecule has 2 fully saturated rings. The van der Waals surface area contributed by atoms with Gasteiger partial charge in [0, 0.05) is 30.2 Å². The van der Waals surface area contributed by atoms with Gasteiger partial charge in [0.15, 0.2) is 5.13 Å². The van der Waals surface area contributed by atoms with Crippen molar-refractivity contribution in [1.29, 1.82) is 0 Å². The number of pyridine rings is 1. The molecule has 38 heavy (non-hydrogen) atoms. The quantitative estimate of drug-likeness (QED) is 0.364. The lowest BCUT2D eigenvalue weighted by molar-refractivity contribution is -0.225. The minimum atomic E-state index is -1.51. The number of carbonyl (C=O) groups excluding carboxylic acids is 2. The normalized spacial score (nSPS) is 18.7. The molecule has 3 N–H and O–H groups in total. The number of hydrogen-bond donors (Lipinski definition) is 3. The van der Waals surface area contributed by atoms with Crippen molar-refractivity contribution >= 4 is 45.7 Å². The third kappa shape index (κ3) is 5.34. The molecule has 0 radical (unpaired) electrons. The van der Waals surface area contributed by atoms with E-state index in [2.05, 4.69) is 25.9 Å². The van der Waals surface area contributed by atoms with Crippen molar-refractivity contribution in [3.63, 3.8) is 0 Å². The molecular formula is C27H28ClN5O4S. The zero-order valence-corrected chi connectivity index (χ0v) is 22.3. The van der Waals surface area contributed by atoms with E-state index in [0.29, 0.717) is 30.1 Å². The van der Waals surface area contributed by atoms with Gasteiger partial charge in [0.25, 0.3) is 5.79 Å². The number of rotatable bonds is 7. The van der Waals surface area contributed by atoms with Crippen molar-refractivity contribution < 1.29 is 19.1 Å². The molecule has 3 aliphatic rings. The molecule has 1 saturated carbocycles. The van der Waals surface area contributed by atoms with Gasteiger partial charge >= 0.3 is 11.9 Å². The maximum atomic E-state index is 12.3. The van der Waals surface area contributed by atoms with Gasteiger partial charge in [-0.1, -0.05) is 17.7 Å². The lowest BCUT2D eigenvalue weighted by atomic mass is 9.96. The molecule has 0 atom stereocenters. The van der Waals surface area contributed by atoms with E-state index in [1.165, 1.54) is 12.8 Å². The monoisotopic (exact) mass is 553 g/mol. The lowest BCUT2D eigenvalue weighted by Crippen LogP contribution is -2.43. The Hall–Kier alpha value is -3.21. The largest absolute Gasteiger partial charge is 0.416 e. The molecule has 1 aromatic carbocycles. The van der Waals surface area contributed by atoms with E-state index >= 15 is 0 Å². The molecule has 1 spiro atoms. The number of ether oxygens (including phenoxy) is 2. The second kappa shape index (κ2) is 10.5. The van der Waals surface area contributed by atoms with Gasteiger partial charge in [-0.05, 0) is 61.1 Å². The van der Waals surface area contributed by atoms with Crippen molar-refractivity contribution in [1.82, 2.24) is 15.3 Å². The summed E-state index contributed by atoms with van der Waals surface area (Å²) in [5, 5.41) is 13.6. The zero-order chi connectivity index (χ0) is 26.1. The number of fused-ring (bicyclic) bond motifs is 2. The summed E-state index contributed by atoms with van der Waals surface area (Å²) in [6.07, 6.45) is 5.04. The first-order valence-electron chi connectivity index (χ1n) is 12.8. The smallest absolute Gasteiger partial charge is 0.309 e. The fourth-order valence-electron chi connectivity index (χ4n) is 4.76. The lowest BCUT2D eigenvalue weighted by Gasteiger charge is -2.32. The van der Waals surface area contributed by atoms with Crippen molar-refractivity contribution in [2.45, 2.75) is 44.4 Å². The van der Waals surface area contributed by atoms with Gasteiger partial charge < -0.3 is 25.4 Å². The Balaban J connectivity index is 1.20. The van der Waals surface area contributed by atoms with Gasteiger partial charge in [-0.3, -0.25) is 14.6 Å². The zero-order valence-electron chi connectivity index (χ0n) is 20.7. The highest BCUT2D eigenvalue weighted by Crippen LogP contribution is 2.40. The molecule has 6 rings (SSSR count). The fraction of sp³-hybridized carbons (Fsp3) is 0.407. The summed E-state index contributed by atoms with van der Waals surface area (Å²) in [6.45, 7) is 2.26. The number of anilines is 2. The molecule has 1 saturated heterocycles. The summed E-state index contributed by atoms with van der Waals surface area (Å²) in [6, 6.07) is 7.49. The van der Waals surface area contributed by atoms with Crippen LogP contribution in [0.2, 0.25) is 5.02 Å². The second-order valence-corrected chi connectivity index (χ2v) is 11.1. The van der Waals surface area contributed by atoms with E-state index < -0.39 is 17.7 Å². The van der Waals surface area contributed by atoms with Gasteiger partial charge in [-0.25, -0.2) is 4.98 Å². The number of thiazole rings is 1. The van der Waals surface area contributed by atoms with Crippen molar-refractivity contribution in [2.75, 3.05) is 30.3 Å². The molecule has 0 bridgehead atoms. The Kier molecular flexibility index (Phi) is 6.94. The van der Waals surface area contributed by atoms with E-state index in [1.807, 2.05) is 23.7 Å². The number of nitrogens with one attached hydrogen (secondary N) is 3. The average molecular weight is 554 g/mol. The Morgan fingerprint density at radius 1 is 1.05 bits per heavy atom. The van der Waals surface area contributed by atoms with Crippen LogP contribution in [0.5, 0.6) is 0 Å². The first-order chi connectivity index (χ1) is 18.5. The molecule has 2 aliphatic heterocycles. The van der Waals surface area contributed by atoms with Gasteiger partial charge in [0.2, 0.25) is 0 Å². The Morgan fingerprint density at radius 2 is 1.87 bits per heavy atom. The number of halogens is 1. The minimum Gasteiger partial charge on any atom is -0.416 e. The standard InChI is InChI=1S/C27H28ClN5O4S/c28-20-5-4-19-18(9-10-29-15-27(19)36-23(34)7-8-24(35)37-27)25(20)31-13-17-3-6-21(30-12-17)22-14-38-26(33-22)32-11-16-1-2-16/h3-6,12,14,16,29,31H,1-2,7-11,13,15H2,(H,32,33). The maximum Gasteiger partial charge on any atom is 0.309 e. The molecule has 2 aromatic heterocycles. The van der Waals surface area contributed by atoms with Crippen LogP contribution in [-0.2, 0) is 37.8 Å². The Bertz CT molecular complexity index is 1340.